The van der Waals surface area contributed by atoms with Crippen LogP contribution < -0.4 is 0 Å². The lowest BCUT2D eigenvalue weighted by atomic mass is 10.0. The van der Waals surface area contributed by atoms with Gasteiger partial charge in [-0.2, -0.15) is 0 Å². The predicted octanol–water partition coefficient (Wildman–Crippen LogP) is 3.57. The molecule has 1 aromatic carbocycles. The fourth-order valence-electron chi connectivity index (χ4n) is 2.17. The first kappa shape index (κ1) is 12.4. The molecule has 0 bridgehead atoms. The standard InChI is InChI=1S/C17H14N2O/c1-2-7-13(14-8-5-6-11-18-14)12-17-19-15-9-3-4-10-16(15)20-17/h3-6,8-11,13H,12H2,1H3. The van der Waals surface area contributed by atoms with E-state index >= 15 is 0 Å². The Labute approximate surface area is 117 Å². The van der Waals surface area contributed by atoms with Crippen LogP contribution in [0.4, 0.5) is 0 Å². The largest absolute Gasteiger partial charge is 0.441 e. The Balaban J connectivity index is 1.91. The smallest absolute Gasteiger partial charge is 0.197 e. The number of rotatable bonds is 3. The Kier molecular flexibility index (Phi) is 3.47. The normalized spacial score (nSPS) is 11.8. The summed E-state index contributed by atoms with van der Waals surface area (Å²) >= 11 is 0. The van der Waals surface area contributed by atoms with Crippen molar-refractivity contribution in [2.75, 3.05) is 0 Å². The molecule has 0 aliphatic heterocycles. The van der Waals surface area contributed by atoms with E-state index in [1.54, 1.807) is 6.20 Å². The van der Waals surface area contributed by atoms with Gasteiger partial charge >= 0.3 is 0 Å². The topological polar surface area (TPSA) is 38.9 Å². The number of hydrogen-bond acceptors (Lipinski definition) is 3. The van der Waals surface area contributed by atoms with Gasteiger partial charge in [-0.25, -0.2) is 4.98 Å². The lowest BCUT2D eigenvalue weighted by molar-refractivity contribution is 0.518. The minimum absolute atomic E-state index is 0.00858. The van der Waals surface area contributed by atoms with Crippen molar-refractivity contribution in [3.05, 3.63) is 60.2 Å². The van der Waals surface area contributed by atoms with Gasteiger partial charge in [0, 0.05) is 12.6 Å². The summed E-state index contributed by atoms with van der Waals surface area (Å²) in [5.41, 5.74) is 2.64. The van der Waals surface area contributed by atoms with Gasteiger partial charge in [-0.05, 0) is 31.2 Å². The third-order valence-electron chi connectivity index (χ3n) is 3.08. The molecule has 3 heteroatoms. The maximum Gasteiger partial charge on any atom is 0.197 e. The molecule has 0 aliphatic rings. The second kappa shape index (κ2) is 5.58. The molecule has 0 amide bonds. The summed E-state index contributed by atoms with van der Waals surface area (Å²) in [4.78, 5) is 8.87. The van der Waals surface area contributed by atoms with Gasteiger partial charge in [-0.3, -0.25) is 4.98 Å². The van der Waals surface area contributed by atoms with Crippen molar-refractivity contribution in [2.45, 2.75) is 19.3 Å². The molecule has 2 aromatic heterocycles. The van der Waals surface area contributed by atoms with Gasteiger partial charge < -0.3 is 4.42 Å². The van der Waals surface area contributed by atoms with Crippen LogP contribution in [0.1, 0.15) is 24.4 Å². The van der Waals surface area contributed by atoms with Crippen LogP contribution in [0.2, 0.25) is 0 Å². The molecule has 0 N–H and O–H groups in total. The van der Waals surface area contributed by atoms with E-state index in [4.69, 9.17) is 4.42 Å². The lowest BCUT2D eigenvalue weighted by Crippen LogP contribution is -2.03. The van der Waals surface area contributed by atoms with Crippen LogP contribution >= 0.6 is 0 Å². The highest BCUT2D eigenvalue weighted by Gasteiger charge is 2.15. The van der Waals surface area contributed by atoms with Crippen LogP contribution in [-0.4, -0.2) is 9.97 Å². The van der Waals surface area contributed by atoms with Crippen molar-refractivity contribution in [3.63, 3.8) is 0 Å². The zero-order valence-corrected chi connectivity index (χ0v) is 11.2. The third-order valence-corrected chi connectivity index (χ3v) is 3.08. The minimum atomic E-state index is 0.00858. The molecule has 1 unspecified atom stereocenters. The molecule has 0 radical (unpaired) electrons. The fraction of sp³-hybridized carbons (Fsp3) is 0.176. The zero-order valence-electron chi connectivity index (χ0n) is 11.2. The van der Waals surface area contributed by atoms with Crippen molar-refractivity contribution in [1.82, 2.24) is 9.97 Å². The average Bonchev–Trinajstić information content (AvgIpc) is 2.90. The van der Waals surface area contributed by atoms with Gasteiger partial charge in [-0.15, -0.1) is 5.92 Å². The monoisotopic (exact) mass is 262 g/mol. The maximum absolute atomic E-state index is 5.76. The van der Waals surface area contributed by atoms with Crippen molar-refractivity contribution in [1.29, 1.82) is 0 Å². The number of benzene rings is 1. The Morgan fingerprint density at radius 3 is 2.75 bits per heavy atom. The van der Waals surface area contributed by atoms with E-state index in [-0.39, 0.29) is 5.92 Å². The van der Waals surface area contributed by atoms with Gasteiger partial charge in [0.2, 0.25) is 0 Å². The van der Waals surface area contributed by atoms with Gasteiger partial charge in [0.05, 0.1) is 11.6 Å². The first-order valence-corrected chi connectivity index (χ1v) is 6.54. The van der Waals surface area contributed by atoms with Gasteiger partial charge in [0.25, 0.3) is 0 Å². The quantitative estimate of drug-likeness (QED) is 0.677. The first-order valence-electron chi connectivity index (χ1n) is 6.54. The first-order chi connectivity index (χ1) is 9.86. The van der Waals surface area contributed by atoms with Gasteiger partial charge in [-0.1, -0.05) is 24.1 Å². The Morgan fingerprint density at radius 1 is 1.15 bits per heavy atom. The summed E-state index contributed by atoms with van der Waals surface area (Å²) in [6, 6.07) is 13.6. The molecule has 0 aliphatic carbocycles. The summed E-state index contributed by atoms with van der Waals surface area (Å²) < 4.78 is 5.76. The SMILES string of the molecule is CC#CC(Cc1nc2ccccc2o1)c1ccccn1. The van der Waals surface area contributed by atoms with Gasteiger partial charge in [0.1, 0.15) is 5.52 Å². The second-order valence-corrected chi connectivity index (χ2v) is 4.48. The summed E-state index contributed by atoms with van der Waals surface area (Å²) in [5.74, 6) is 6.85. The van der Waals surface area contributed by atoms with E-state index in [0.717, 1.165) is 16.8 Å². The second-order valence-electron chi connectivity index (χ2n) is 4.48. The molecule has 3 aromatic rings. The molecule has 3 nitrogen and oxygen atoms in total. The van der Waals surface area contributed by atoms with E-state index in [1.807, 2.05) is 49.4 Å². The van der Waals surface area contributed by atoms with Crippen molar-refractivity contribution >= 4 is 11.1 Å². The number of aromatic nitrogens is 2. The van der Waals surface area contributed by atoms with Crippen LogP contribution in [0, 0.1) is 11.8 Å². The van der Waals surface area contributed by atoms with E-state index < -0.39 is 0 Å². The highest BCUT2D eigenvalue weighted by atomic mass is 16.3. The number of para-hydroxylation sites is 2. The zero-order chi connectivity index (χ0) is 13.8. The molecule has 1 atom stereocenters. The van der Waals surface area contributed by atoms with Crippen LogP contribution in [-0.2, 0) is 6.42 Å². The third kappa shape index (κ3) is 2.55. The molecule has 98 valence electrons. The van der Waals surface area contributed by atoms with E-state index in [1.165, 1.54) is 0 Å². The lowest BCUT2D eigenvalue weighted by Gasteiger charge is -2.07. The van der Waals surface area contributed by atoms with Crippen LogP contribution in [0.5, 0.6) is 0 Å². The molecule has 3 rings (SSSR count). The molecule has 2 heterocycles. The van der Waals surface area contributed by atoms with Gasteiger partial charge in [0.15, 0.2) is 11.5 Å². The van der Waals surface area contributed by atoms with Crippen LogP contribution in [0.3, 0.4) is 0 Å². The molecule has 0 saturated carbocycles. The predicted molar refractivity (Wildman–Crippen MR) is 78.1 cm³/mol. The molecular formula is C17H14N2O. The summed E-state index contributed by atoms with van der Waals surface area (Å²) in [6.07, 6.45) is 2.41. The number of pyridine rings is 1. The Hall–Kier alpha value is -2.60. The highest BCUT2D eigenvalue weighted by molar-refractivity contribution is 5.72. The van der Waals surface area contributed by atoms with Crippen LogP contribution in [0.25, 0.3) is 11.1 Å². The number of hydrogen-bond donors (Lipinski definition) is 0. The minimum Gasteiger partial charge on any atom is -0.441 e. The summed E-state index contributed by atoms with van der Waals surface area (Å²) in [5, 5.41) is 0. The van der Waals surface area contributed by atoms with E-state index in [0.29, 0.717) is 12.3 Å². The fourth-order valence-corrected chi connectivity index (χ4v) is 2.17. The van der Waals surface area contributed by atoms with E-state index in [2.05, 4.69) is 21.8 Å². The van der Waals surface area contributed by atoms with Crippen LogP contribution in [0.15, 0.2) is 53.1 Å². The Bertz CT molecular complexity index is 733. The van der Waals surface area contributed by atoms with Crippen molar-refractivity contribution in [2.24, 2.45) is 0 Å². The maximum atomic E-state index is 5.76. The summed E-state index contributed by atoms with van der Waals surface area (Å²) in [7, 11) is 0. The Morgan fingerprint density at radius 2 is 2.00 bits per heavy atom. The number of fused-ring (bicyclic) bond motifs is 1. The molecule has 0 fully saturated rings. The molecule has 0 saturated heterocycles. The molecular weight excluding hydrogens is 248 g/mol. The molecule has 0 spiro atoms. The highest BCUT2D eigenvalue weighted by Crippen LogP contribution is 2.21. The van der Waals surface area contributed by atoms with Crippen molar-refractivity contribution < 1.29 is 4.42 Å². The number of oxazole rings is 1. The summed E-state index contributed by atoms with van der Waals surface area (Å²) in [6.45, 7) is 1.84. The van der Waals surface area contributed by atoms with Crippen molar-refractivity contribution in [3.8, 4) is 11.8 Å². The average molecular weight is 262 g/mol. The van der Waals surface area contributed by atoms with E-state index in [9.17, 15) is 0 Å². The molecule has 20 heavy (non-hydrogen) atoms. The number of nitrogens with zero attached hydrogens (tertiary/aromatic N) is 2.